The van der Waals surface area contributed by atoms with Crippen molar-refractivity contribution in [1.82, 2.24) is 34.6 Å². The van der Waals surface area contributed by atoms with Gasteiger partial charge in [0.15, 0.2) is 11.6 Å². The lowest BCUT2D eigenvalue weighted by Crippen LogP contribution is -2.52. The number of alkyl halides is 3. The van der Waals surface area contributed by atoms with E-state index in [-0.39, 0.29) is 38.2 Å². The maximum absolute atomic E-state index is 14.3. The van der Waals surface area contributed by atoms with Crippen molar-refractivity contribution >= 4 is 18.2 Å². The quantitative estimate of drug-likeness (QED) is 0.506. The molecule has 1 saturated heterocycles. The van der Waals surface area contributed by atoms with Crippen LogP contribution in [0.3, 0.4) is 0 Å². The first kappa shape index (κ1) is 23.6. The Morgan fingerprint density at radius 3 is 2.56 bits per heavy atom. The zero-order valence-electron chi connectivity index (χ0n) is 18.5. The van der Waals surface area contributed by atoms with Crippen LogP contribution in [0.25, 0.3) is 5.82 Å². The maximum atomic E-state index is 14.3. The molecule has 188 valence electrons. The van der Waals surface area contributed by atoms with E-state index in [0.29, 0.717) is 16.7 Å². The zero-order valence-corrected chi connectivity index (χ0v) is 18.5. The Hall–Kier alpha value is -4.17. The smallest absolute Gasteiger partial charge is 0.337 e. The highest BCUT2D eigenvalue weighted by molar-refractivity contribution is 5.78. The highest BCUT2D eigenvalue weighted by atomic mass is 19.4. The first-order valence-electron chi connectivity index (χ1n) is 10.8. The summed E-state index contributed by atoms with van der Waals surface area (Å²) in [6.45, 7) is 0.937. The molecule has 2 aliphatic rings. The molecule has 10 nitrogen and oxygen atoms in total. The molecule has 5 heterocycles. The minimum absolute atomic E-state index is 0.00466. The third-order valence-electron chi connectivity index (χ3n) is 5.82. The molecule has 3 aromatic heterocycles. The van der Waals surface area contributed by atoms with Gasteiger partial charge in [0.25, 0.3) is 0 Å². The Kier molecular flexibility index (Phi) is 5.97. The molecule has 15 heteroatoms. The SMILES string of the molecule is O=C(N1CCN(c2ncc(F)c(-n3nccc3C(F)(F)F)n2)CC1)N1N=CC[C@H]1c1cncc(F)c1. The van der Waals surface area contributed by atoms with Gasteiger partial charge >= 0.3 is 12.2 Å². The van der Waals surface area contributed by atoms with Gasteiger partial charge in [0, 0.05) is 45.0 Å². The van der Waals surface area contributed by atoms with Crippen molar-refractivity contribution in [2.45, 2.75) is 18.6 Å². The Morgan fingerprint density at radius 1 is 1.06 bits per heavy atom. The number of urea groups is 1. The van der Waals surface area contributed by atoms with Crippen molar-refractivity contribution in [2.24, 2.45) is 5.10 Å². The highest BCUT2D eigenvalue weighted by Gasteiger charge is 2.37. The number of amides is 2. The number of piperazine rings is 1. The predicted molar refractivity (Wildman–Crippen MR) is 115 cm³/mol. The van der Waals surface area contributed by atoms with Gasteiger partial charge in [-0.1, -0.05) is 0 Å². The average molecular weight is 507 g/mol. The van der Waals surface area contributed by atoms with Crippen LogP contribution in [0.5, 0.6) is 0 Å². The van der Waals surface area contributed by atoms with E-state index in [1.807, 2.05) is 0 Å². The second-order valence-electron chi connectivity index (χ2n) is 8.05. The number of hydrazone groups is 1. The van der Waals surface area contributed by atoms with Crippen molar-refractivity contribution < 1.29 is 26.7 Å². The highest BCUT2D eigenvalue weighted by Crippen LogP contribution is 2.31. The first-order chi connectivity index (χ1) is 17.2. The van der Waals surface area contributed by atoms with Gasteiger partial charge < -0.3 is 9.80 Å². The summed E-state index contributed by atoms with van der Waals surface area (Å²) in [6.07, 6.45) is 1.48. The summed E-state index contributed by atoms with van der Waals surface area (Å²) in [5.41, 5.74) is -0.653. The monoisotopic (exact) mass is 507 g/mol. The summed E-state index contributed by atoms with van der Waals surface area (Å²) in [6, 6.07) is 1.15. The van der Waals surface area contributed by atoms with Crippen LogP contribution in [-0.2, 0) is 6.18 Å². The number of nitrogens with zero attached hydrogens (tertiary/aromatic N) is 9. The van der Waals surface area contributed by atoms with Gasteiger partial charge in [-0.25, -0.2) is 28.3 Å². The van der Waals surface area contributed by atoms with Crippen LogP contribution in [0.1, 0.15) is 23.7 Å². The molecule has 0 radical (unpaired) electrons. The number of carbonyl (C=O) groups excluding carboxylic acids is 1. The Morgan fingerprint density at radius 2 is 1.83 bits per heavy atom. The van der Waals surface area contributed by atoms with Gasteiger partial charge in [-0.2, -0.15) is 28.4 Å². The molecule has 0 saturated carbocycles. The summed E-state index contributed by atoms with van der Waals surface area (Å²) in [7, 11) is 0. The van der Waals surface area contributed by atoms with E-state index in [4.69, 9.17) is 0 Å². The molecule has 2 amide bonds. The lowest BCUT2D eigenvalue weighted by Gasteiger charge is -2.37. The van der Waals surface area contributed by atoms with Crippen LogP contribution in [0.15, 0.2) is 42.0 Å². The van der Waals surface area contributed by atoms with Gasteiger partial charge in [0.1, 0.15) is 11.5 Å². The Labute approximate surface area is 200 Å². The molecule has 5 rings (SSSR count). The van der Waals surface area contributed by atoms with Crippen LogP contribution < -0.4 is 4.90 Å². The standard InChI is InChI=1S/C21H18F5N9O/c22-14-9-13(10-27-11-14)16-1-3-29-34(16)20(36)33-7-5-32(6-8-33)19-28-12-15(23)18(31-19)35-17(2-4-30-35)21(24,25)26/h2-4,9-12,16H,1,5-8H2/t16-/m0/s1. The van der Waals surface area contributed by atoms with Crippen molar-refractivity contribution in [3.8, 4) is 5.82 Å². The molecule has 36 heavy (non-hydrogen) atoms. The van der Waals surface area contributed by atoms with Crippen LogP contribution in [0.2, 0.25) is 0 Å². The van der Waals surface area contributed by atoms with E-state index in [1.54, 1.807) is 16.0 Å². The van der Waals surface area contributed by atoms with Crippen LogP contribution in [-0.4, -0.2) is 73.1 Å². The minimum atomic E-state index is -4.75. The summed E-state index contributed by atoms with van der Waals surface area (Å²) >= 11 is 0. The largest absolute Gasteiger partial charge is 0.433 e. The number of hydrogen-bond donors (Lipinski definition) is 0. The second-order valence-corrected chi connectivity index (χ2v) is 8.05. The summed E-state index contributed by atoms with van der Waals surface area (Å²) in [5, 5.41) is 8.98. The van der Waals surface area contributed by atoms with E-state index in [1.165, 1.54) is 17.3 Å². The fourth-order valence-corrected chi connectivity index (χ4v) is 4.07. The predicted octanol–water partition coefficient (Wildman–Crippen LogP) is 3.03. The molecule has 3 aromatic rings. The summed E-state index contributed by atoms with van der Waals surface area (Å²) < 4.78 is 68.1. The van der Waals surface area contributed by atoms with Gasteiger partial charge in [-0.3, -0.25) is 4.98 Å². The number of pyridine rings is 1. The second kappa shape index (κ2) is 9.13. The average Bonchev–Trinajstić information content (AvgIpc) is 3.54. The number of carbonyl (C=O) groups is 1. The molecule has 2 aliphatic heterocycles. The first-order valence-corrected chi connectivity index (χ1v) is 10.8. The van der Waals surface area contributed by atoms with Crippen molar-refractivity contribution in [3.63, 3.8) is 0 Å². The number of aromatic nitrogens is 5. The third kappa shape index (κ3) is 4.43. The van der Waals surface area contributed by atoms with Gasteiger partial charge in [-0.15, -0.1) is 0 Å². The fraction of sp³-hybridized carbons (Fsp3) is 0.333. The van der Waals surface area contributed by atoms with E-state index < -0.39 is 35.4 Å². The van der Waals surface area contributed by atoms with Crippen LogP contribution in [0, 0.1) is 11.6 Å². The fourth-order valence-electron chi connectivity index (χ4n) is 4.07. The molecule has 0 spiro atoms. The summed E-state index contributed by atoms with van der Waals surface area (Å²) in [5.74, 6) is -2.21. The molecular weight excluding hydrogens is 489 g/mol. The molecule has 0 aliphatic carbocycles. The number of anilines is 1. The van der Waals surface area contributed by atoms with E-state index in [0.717, 1.165) is 24.7 Å². The van der Waals surface area contributed by atoms with Gasteiger partial charge in [0.05, 0.1) is 24.6 Å². The number of halogens is 5. The number of hydrogen-bond acceptors (Lipinski definition) is 7. The summed E-state index contributed by atoms with van der Waals surface area (Å²) in [4.78, 5) is 28.0. The minimum Gasteiger partial charge on any atom is -0.337 e. The number of rotatable bonds is 3. The van der Waals surface area contributed by atoms with Crippen molar-refractivity contribution in [3.05, 3.63) is 59.8 Å². The Balaban J connectivity index is 1.29. The normalized spacial score (nSPS) is 18.2. The van der Waals surface area contributed by atoms with E-state index in [9.17, 15) is 26.7 Å². The Bertz CT molecular complexity index is 1300. The van der Waals surface area contributed by atoms with Crippen molar-refractivity contribution in [1.29, 1.82) is 0 Å². The molecular formula is C21H18F5N9O. The lowest BCUT2D eigenvalue weighted by atomic mass is 10.1. The molecule has 0 unspecified atom stereocenters. The van der Waals surface area contributed by atoms with Gasteiger partial charge in [0.2, 0.25) is 5.95 Å². The third-order valence-corrected chi connectivity index (χ3v) is 5.82. The van der Waals surface area contributed by atoms with E-state index in [2.05, 4.69) is 25.2 Å². The maximum Gasteiger partial charge on any atom is 0.433 e. The molecule has 0 N–H and O–H groups in total. The van der Waals surface area contributed by atoms with Crippen LogP contribution >= 0.6 is 0 Å². The van der Waals surface area contributed by atoms with E-state index >= 15 is 0 Å². The molecule has 1 atom stereocenters. The lowest BCUT2D eigenvalue weighted by molar-refractivity contribution is -0.142. The van der Waals surface area contributed by atoms with Crippen LogP contribution in [0.4, 0.5) is 32.7 Å². The molecule has 0 aromatic carbocycles. The topological polar surface area (TPSA) is 95.6 Å². The zero-order chi connectivity index (χ0) is 25.4. The molecule has 0 bridgehead atoms. The molecule has 1 fully saturated rings. The van der Waals surface area contributed by atoms with Crippen molar-refractivity contribution in [2.75, 3.05) is 31.1 Å². The van der Waals surface area contributed by atoms with Gasteiger partial charge in [-0.05, 0) is 17.7 Å².